The molecule has 0 radical (unpaired) electrons. The molecule has 0 fully saturated rings. The molecule has 1 rings (SSSR count). The number of nitrogens with zero attached hydrogens (tertiary/aromatic N) is 2. The third-order valence-corrected chi connectivity index (χ3v) is 1.95. The molecule has 15 heavy (non-hydrogen) atoms. The molecule has 1 aromatic rings. The largest absolute Gasteiger partial charge is 0.497 e. The number of anilines is 1. The summed E-state index contributed by atoms with van der Waals surface area (Å²) in [6, 6.07) is 7.09. The Labute approximate surface area is 93.2 Å². The molecule has 0 N–H and O–H groups in total. The van der Waals surface area contributed by atoms with Gasteiger partial charge in [-0.15, -0.1) is 0 Å². The summed E-state index contributed by atoms with van der Waals surface area (Å²) in [4.78, 5) is 10.0. The Hall–Kier alpha value is -1.55. The highest BCUT2D eigenvalue weighted by molar-refractivity contribution is 6.25. The second-order valence-corrected chi connectivity index (χ2v) is 2.98. The zero-order valence-electron chi connectivity index (χ0n) is 8.26. The van der Waals surface area contributed by atoms with Crippen LogP contribution in [0.4, 0.5) is 5.69 Å². The molecule has 80 valence electrons. The number of carbonyl (C=O) groups is 1. The van der Waals surface area contributed by atoms with Crippen LogP contribution in [0.15, 0.2) is 29.4 Å². The first-order valence-electron chi connectivity index (χ1n) is 4.34. The van der Waals surface area contributed by atoms with Crippen LogP contribution < -0.4 is 9.26 Å². The van der Waals surface area contributed by atoms with Crippen molar-refractivity contribution < 1.29 is 9.53 Å². The molecule has 0 unspecified atom stereocenters. The van der Waals surface area contributed by atoms with Crippen molar-refractivity contribution in [1.29, 1.82) is 0 Å². The van der Waals surface area contributed by atoms with Gasteiger partial charge in [0.2, 0.25) is 0 Å². The number of hydrogen-bond donors (Lipinski definition) is 0. The maximum absolute atomic E-state index is 10.0. The lowest BCUT2D eigenvalue weighted by Gasteiger charge is -2.09. The number of benzene rings is 1. The molecule has 0 aliphatic rings. The topological polar surface area (TPSA) is 41.9 Å². The Balaban J connectivity index is 2.65. The molecule has 1 aromatic carbocycles. The highest BCUT2D eigenvalue weighted by atomic mass is 35.5. The van der Waals surface area contributed by atoms with Crippen LogP contribution in [-0.2, 0) is 4.79 Å². The van der Waals surface area contributed by atoms with Crippen molar-refractivity contribution in [2.24, 2.45) is 5.10 Å². The van der Waals surface area contributed by atoms with Gasteiger partial charge in [0, 0.05) is 24.4 Å². The molecule has 0 bridgehead atoms. The van der Waals surface area contributed by atoms with E-state index in [0.29, 0.717) is 5.69 Å². The van der Waals surface area contributed by atoms with Crippen LogP contribution in [0.25, 0.3) is 0 Å². The van der Waals surface area contributed by atoms with Crippen LogP contribution >= 0.6 is 11.8 Å². The molecule has 4 nitrogen and oxygen atoms in total. The standard InChI is InChI=1S/C10H11ClN2O2/c1-15-10-5-3-9(4-6-10)13(11)12-7-2-8-14/h3-8H,2H2,1H3. The van der Waals surface area contributed by atoms with Gasteiger partial charge in [0.15, 0.2) is 0 Å². The lowest BCUT2D eigenvalue weighted by molar-refractivity contribution is -0.106. The van der Waals surface area contributed by atoms with Gasteiger partial charge in [-0.1, -0.05) is 0 Å². The fraction of sp³-hybridized carbons (Fsp3) is 0.200. The van der Waals surface area contributed by atoms with E-state index in [1.54, 1.807) is 31.4 Å². The molecular weight excluding hydrogens is 216 g/mol. The molecule has 5 heteroatoms. The fourth-order valence-electron chi connectivity index (χ4n) is 0.934. The molecule has 0 saturated heterocycles. The SMILES string of the molecule is COc1ccc(N(Cl)N=CCC=O)cc1. The Morgan fingerprint density at radius 3 is 2.67 bits per heavy atom. The number of aldehydes is 1. The Bertz CT molecular complexity index is 338. The predicted molar refractivity (Wildman–Crippen MR) is 60.5 cm³/mol. The number of ether oxygens (including phenoxy) is 1. The van der Waals surface area contributed by atoms with E-state index in [4.69, 9.17) is 16.5 Å². The summed E-state index contributed by atoms with van der Waals surface area (Å²) in [5.41, 5.74) is 0.708. The summed E-state index contributed by atoms with van der Waals surface area (Å²) in [5, 5.41) is 3.84. The number of methoxy groups -OCH3 is 1. The van der Waals surface area contributed by atoms with Crippen molar-refractivity contribution in [3.05, 3.63) is 24.3 Å². The minimum atomic E-state index is 0.249. The number of rotatable bonds is 5. The maximum atomic E-state index is 10.0. The average Bonchev–Trinajstić information content (AvgIpc) is 2.29. The van der Waals surface area contributed by atoms with Crippen molar-refractivity contribution in [1.82, 2.24) is 0 Å². The monoisotopic (exact) mass is 226 g/mol. The van der Waals surface area contributed by atoms with Gasteiger partial charge in [0.05, 0.1) is 12.8 Å². The van der Waals surface area contributed by atoms with Gasteiger partial charge in [0.1, 0.15) is 12.0 Å². The zero-order chi connectivity index (χ0) is 11.1. The van der Waals surface area contributed by atoms with Crippen molar-refractivity contribution >= 4 is 30.0 Å². The Morgan fingerprint density at radius 1 is 1.47 bits per heavy atom. The average molecular weight is 227 g/mol. The van der Waals surface area contributed by atoms with Gasteiger partial charge in [0.25, 0.3) is 0 Å². The van der Waals surface area contributed by atoms with Gasteiger partial charge < -0.3 is 9.53 Å². The van der Waals surface area contributed by atoms with Crippen molar-refractivity contribution in [2.75, 3.05) is 11.6 Å². The number of halogens is 1. The highest BCUT2D eigenvalue weighted by Gasteiger charge is 1.99. The maximum Gasteiger partial charge on any atom is 0.125 e. The second kappa shape index (κ2) is 6.03. The van der Waals surface area contributed by atoms with E-state index in [0.717, 1.165) is 12.0 Å². The van der Waals surface area contributed by atoms with Gasteiger partial charge in [-0.3, -0.25) is 0 Å². The number of hydrazone groups is 1. The third-order valence-electron chi connectivity index (χ3n) is 1.67. The van der Waals surface area contributed by atoms with Gasteiger partial charge in [-0.25, -0.2) is 0 Å². The van der Waals surface area contributed by atoms with E-state index in [1.807, 2.05) is 0 Å². The molecule has 0 saturated carbocycles. The van der Waals surface area contributed by atoms with Crippen molar-refractivity contribution in [3.63, 3.8) is 0 Å². The van der Waals surface area contributed by atoms with Crippen LogP contribution in [0.3, 0.4) is 0 Å². The minimum Gasteiger partial charge on any atom is -0.497 e. The van der Waals surface area contributed by atoms with Gasteiger partial charge in [-0.2, -0.15) is 9.63 Å². The van der Waals surface area contributed by atoms with Crippen LogP contribution in [0.1, 0.15) is 6.42 Å². The van der Waals surface area contributed by atoms with Crippen LogP contribution in [-0.4, -0.2) is 19.6 Å². The van der Waals surface area contributed by atoms with E-state index in [9.17, 15) is 4.79 Å². The summed E-state index contributed by atoms with van der Waals surface area (Å²) in [5.74, 6) is 0.751. The molecule has 0 aliphatic carbocycles. The van der Waals surface area contributed by atoms with Gasteiger partial charge >= 0.3 is 0 Å². The summed E-state index contributed by atoms with van der Waals surface area (Å²) >= 11 is 5.82. The van der Waals surface area contributed by atoms with Crippen LogP contribution in [0, 0.1) is 0 Å². The third kappa shape index (κ3) is 3.59. The zero-order valence-corrected chi connectivity index (χ0v) is 9.02. The van der Waals surface area contributed by atoms with Crippen LogP contribution in [0.2, 0.25) is 0 Å². The first-order chi connectivity index (χ1) is 7.27. The summed E-state index contributed by atoms with van der Waals surface area (Å²) in [6.07, 6.45) is 2.44. The summed E-state index contributed by atoms with van der Waals surface area (Å²) in [6.45, 7) is 0. The summed E-state index contributed by atoms with van der Waals surface area (Å²) < 4.78 is 6.17. The Morgan fingerprint density at radius 2 is 2.13 bits per heavy atom. The Kier molecular flexibility index (Phi) is 4.63. The van der Waals surface area contributed by atoms with Gasteiger partial charge in [-0.05, 0) is 24.3 Å². The number of hydrogen-bond acceptors (Lipinski definition) is 4. The molecular formula is C10H11ClN2O2. The van der Waals surface area contributed by atoms with E-state index in [1.165, 1.54) is 10.7 Å². The molecule has 0 atom stereocenters. The lowest BCUT2D eigenvalue weighted by Crippen LogP contribution is -2.00. The molecule has 0 amide bonds. The van der Waals surface area contributed by atoms with E-state index < -0.39 is 0 Å². The highest BCUT2D eigenvalue weighted by Crippen LogP contribution is 2.20. The molecule has 0 heterocycles. The van der Waals surface area contributed by atoms with E-state index in [2.05, 4.69) is 5.10 Å². The van der Waals surface area contributed by atoms with Crippen molar-refractivity contribution in [2.45, 2.75) is 6.42 Å². The number of carbonyl (C=O) groups excluding carboxylic acids is 1. The smallest absolute Gasteiger partial charge is 0.125 e. The molecule has 0 spiro atoms. The minimum absolute atomic E-state index is 0.249. The quantitative estimate of drug-likeness (QED) is 0.335. The fourth-order valence-corrected chi connectivity index (χ4v) is 1.11. The van der Waals surface area contributed by atoms with E-state index >= 15 is 0 Å². The normalized spacial score (nSPS) is 10.3. The lowest BCUT2D eigenvalue weighted by atomic mass is 10.3. The first-order valence-corrected chi connectivity index (χ1v) is 4.67. The molecule has 0 aromatic heterocycles. The predicted octanol–water partition coefficient (Wildman–Crippen LogP) is 2.23. The van der Waals surface area contributed by atoms with Crippen molar-refractivity contribution in [3.8, 4) is 5.75 Å². The van der Waals surface area contributed by atoms with E-state index in [-0.39, 0.29) is 6.42 Å². The second-order valence-electron chi connectivity index (χ2n) is 2.66. The van der Waals surface area contributed by atoms with Crippen LogP contribution in [0.5, 0.6) is 5.75 Å². The first kappa shape index (κ1) is 11.5. The molecule has 0 aliphatic heterocycles. The summed E-state index contributed by atoms with van der Waals surface area (Å²) in [7, 11) is 1.59.